The molecular formula is C24H33FN2O. The summed E-state index contributed by atoms with van der Waals surface area (Å²) in [5, 5.41) is 3.02. The van der Waals surface area contributed by atoms with Gasteiger partial charge in [0.05, 0.1) is 0 Å². The summed E-state index contributed by atoms with van der Waals surface area (Å²) in [5.41, 5.74) is 5.30. The summed E-state index contributed by atoms with van der Waals surface area (Å²) in [7, 11) is 0. The molecule has 0 aromatic heterocycles. The second-order valence-electron chi connectivity index (χ2n) is 8.37. The molecule has 0 saturated carbocycles. The SMILES string of the molecule is CC.Cc1cc(N2CCc3cc(F)ccc3C2)ccc1NC(=O)CC(C)(C)C. The van der Waals surface area contributed by atoms with E-state index in [0.29, 0.717) is 6.42 Å². The fourth-order valence-electron chi connectivity index (χ4n) is 3.40. The van der Waals surface area contributed by atoms with E-state index in [1.54, 1.807) is 6.07 Å². The van der Waals surface area contributed by atoms with Crippen LogP contribution < -0.4 is 10.2 Å². The topological polar surface area (TPSA) is 32.3 Å². The van der Waals surface area contributed by atoms with E-state index in [4.69, 9.17) is 0 Å². The molecular weight excluding hydrogens is 351 g/mol. The highest BCUT2D eigenvalue weighted by atomic mass is 19.1. The van der Waals surface area contributed by atoms with Gasteiger partial charge in [-0.1, -0.05) is 40.7 Å². The van der Waals surface area contributed by atoms with Crippen molar-refractivity contribution in [1.82, 2.24) is 0 Å². The Morgan fingerprint density at radius 3 is 2.46 bits per heavy atom. The summed E-state index contributed by atoms with van der Waals surface area (Å²) in [5.74, 6) is -0.120. The Labute approximate surface area is 169 Å². The third kappa shape index (κ3) is 5.82. The molecule has 0 atom stereocenters. The molecule has 1 N–H and O–H groups in total. The van der Waals surface area contributed by atoms with Crippen molar-refractivity contribution in [3.8, 4) is 0 Å². The van der Waals surface area contributed by atoms with Crippen LogP contribution in [0.2, 0.25) is 0 Å². The second-order valence-corrected chi connectivity index (χ2v) is 8.37. The molecule has 1 heterocycles. The van der Waals surface area contributed by atoms with Crippen molar-refractivity contribution in [2.45, 2.75) is 60.9 Å². The van der Waals surface area contributed by atoms with Crippen LogP contribution in [0, 0.1) is 18.2 Å². The molecule has 28 heavy (non-hydrogen) atoms. The summed E-state index contributed by atoms with van der Waals surface area (Å²) in [6, 6.07) is 11.2. The number of hydrogen-bond donors (Lipinski definition) is 1. The first-order valence-corrected chi connectivity index (χ1v) is 10.1. The first kappa shape index (κ1) is 21.9. The number of nitrogens with zero attached hydrogens (tertiary/aromatic N) is 1. The van der Waals surface area contributed by atoms with Gasteiger partial charge in [0.1, 0.15) is 5.82 Å². The number of carbonyl (C=O) groups is 1. The summed E-state index contributed by atoms with van der Waals surface area (Å²) in [6.07, 6.45) is 1.34. The number of anilines is 2. The van der Waals surface area contributed by atoms with Gasteiger partial charge >= 0.3 is 0 Å². The highest BCUT2D eigenvalue weighted by Gasteiger charge is 2.19. The molecule has 1 aliphatic rings. The van der Waals surface area contributed by atoms with Crippen LogP contribution in [0.3, 0.4) is 0 Å². The molecule has 1 amide bonds. The second kappa shape index (κ2) is 9.22. The highest BCUT2D eigenvalue weighted by molar-refractivity contribution is 5.92. The minimum absolute atomic E-state index is 0.0292. The monoisotopic (exact) mass is 384 g/mol. The molecule has 0 radical (unpaired) electrons. The van der Waals surface area contributed by atoms with Gasteiger partial charge in [-0.2, -0.15) is 0 Å². The van der Waals surface area contributed by atoms with Crippen LogP contribution in [0.15, 0.2) is 36.4 Å². The Morgan fingerprint density at radius 2 is 1.82 bits per heavy atom. The van der Waals surface area contributed by atoms with Gasteiger partial charge in [-0.3, -0.25) is 4.79 Å². The number of rotatable bonds is 3. The number of amides is 1. The van der Waals surface area contributed by atoms with Crippen molar-refractivity contribution in [1.29, 1.82) is 0 Å². The van der Waals surface area contributed by atoms with Crippen LogP contribution in [0.1, 0.15) is 57.7 Å². The standard InChI is InChI=1S/C22H27FN2O.C2H6/c1-15-11-19(7-8-20(15)24-21(26)13-22(2,3)4)25-10-9-16-12-18(23)6-5-17(16)14-25;1-2/h5-8,11-12H,9-10,13-14H2,1-4H3,(H,24,26);1-2H3. The van der Waals surface area contributed by atoms with E-state index >= 15 is 0 Å². The Kier molecular flexibility index (Phi) is 7.22. The van der Waals surface area contributed by atoms with Gasteiger partial charge < -0.3 is 10.2 Å². The third-order valence-corrected chi connectivity index (χ3v) is 4.72. The summed E-state index contributed by atoms with van der Waals surface area (Å²) >= 11 is 0. The number of hydrogen-bond acceptors (Lipinski definition) is 2. The Hall–Kier alpha value is -2.36. The lowest BCUT2D eigenvalue weighted by Crippen LogP contribution is -2.30. The van der Waals surface area contributed by atoms with E-state index in [2.05, 4.69) is 37.1 Å². The van der Waals surface area contributed by atoms with E-state index in [1.165, 1.54) is 11.6 Å². The molecule has 3 rings (SSSR count). The number of halogens is 1. The molecule has 0 unspecified atom stereocenters. The van der Waals surface area contributed by atoms with Crippen molar-refractivity contribution in [3.63, 3.8) is 0 Å². The first-order chi connectivity index (χ1) is 13.2. The molecule has 0 fully saturated rings. The van der Waals surface area contributed by atoms with Crippen LogP contribution in [0.5, 0.6) is 0 Å². The Balaban J connectivity index is 0.00000136. The lowest BCUT2D eigenvalue weighted by molar-refractivity contribution is -0.117. The molecule has 3 nitrogen and oxygen atoms in total. The van der Waals surface area contributed by atoms with Crippen molar-refractivity contribution >= 4 is 17.3 Å². The van der Waals surface area contributed by atoms with Gasteiger partial charge in [-0.15, -0.1) is 0 Å². The van der Waals surface area contributed by atoms with Crippen LogP contribution in [0.4, 0.5) is 15.8 Å². The Morgan fingerprint density at radius 1 is 1.11 bits per heavy atom. The fraction of sp³-hybridized carbons (Fsp3) is 0.458. The molecule has 0 bridgehead atoms. The lowest BCUT2D eigenvalue weighted by Gasteiger charge is -2.31. The minimum atomic E-state index is -0.164. The van der Waals surface area contributed by atoms with E-state index in [0.717, 1.165) is 42.0 Å². The predicted molar refractivity (Wildman–Crippen MR) is 116 cm³/mol. The van der Waals surface area contributed by atoms with Crippen molar-refractivity contribution in [2.24, 2.45) is 5.41 Å². The van der Waals surface area contributed by atoms with Gasteiger partial charge in [0.2, 0.25) is 5.91 Å². The molecule has 4 heteroatoms. The minimum Gasteiger partial charge on any atom is -0.367 e. The number of aryl methyl sites for hydroxylation is 1. The number of benzene rings is 2. The van der Waals surface area contributed by atoms with Gasteiger partial charge in [0.15, 0.2) is 0 Å². The van der Waals surface area contributed by atoms with Gasteiger partial charge in [-0.25, -0.2) is 4.39 Å². The average Bonchev–Trinajstić information content (AvgIpc) is 2.63. The molecule has 2 aromatic carbocycles. The van der Waals surface area contributed by atoms with Crippen molar-refractivity contribution in [2.75, 3.05) is 16.8 Å². The number of nitrogens with one attached hydrogen (secondary N) is 1. The Bertz CT molecular complexity index is 824. The maximum absolute atomic E-state index is 13.4. The first-order valence-electron chi connectivity index (χ1n) is 10.1. The molecule has 0 aliphatic carbocycles. The molecule has 1 aliphatic heterocycles. The number of fused-ring (bicyclic) bond motifs is 1. The van der Waals surface area contributed by atoms with E-state index < -0.39 is 0 Å². The molecule has 152 valence electrons. The molecule has 0 saturated heterocycles. The van der Waals surface area contributed by atoms with Crippen LogP contribution in [-0.4, -0.2) is 12.5 Å². The zero-order valence-corrected chi connectivity index (χ0v) is 18.0. The van der Waals surface area contributed by atoms with Crippen LogP contribution in [0.25, 0.3) is 0 Å². The predicted octanol–water partition coefficient (Wildman–Crippen LogP) is 6.10. The van der Waals surface area contributed by atoms with Gasteiger partial charge in [-0.05, 0) is 65.8 Å². The van der Waals surface area contributed by atoms with Gasteiger partial charge in [0.25, 0.3) is 0 Å². The van der Waals surface area contributed by atoms with Crippen molar-refractivity contribution < 1.29 is 9.18 Å². The highest BCUT2D eigenvalue weighted by Crippen LogP contribution is 2.28. The quantitative estimate of drug-likeness (QED) is 0.694. The third-order valence-electron chi connectivity index (χ3n) is 4.72. The largest absolute Gasteiger partial charge is 0.367 e. The van der Waals surface area contributed by atoms with E-state index in [9.17, 15) is 9.18 Å². The number of carbonyl (C=O) groups excluding carboxylic acids is 1. The molecule has 0 spiro atoms. The summed E-state index contributed by atoms with van der Waals surface area (Å²) < 4.78 is 13.4. The van der Waals surface area contributed by atoms with Gasteiger partial charge in [0, 0.05) is 30.9 Å². The summed E-state index contributed by atoms with van der Waals surface area (Å²) in [6.45, 7) is 13.8. The van der Waals surface area contributed by atoms with Crippen LogP contribution in [-0.2, 0) is 17.8 Å². The molecule has 2 aromatic rings. The zero-order chi connectivity index (χ0) is 20.9. The maximum atomic E-state index is 13.4. The average molecular weight is 385 g/mol. The summed E-state index contributed by atoms with van der Waals surface area (Å²) in [4.78, 5) is 14.5. The van der Waals surface area contributed by atoms with E-state index in [-0.39, 0.29) is 17.1 Å². The van der Waals surface area contributed by atoms with E-state index in [1.807, 2.05) is 39.0 Å². The normalized spacial score (nSPS) is 13.3. The maximum Gasteiger partial charge on any atom is 0.224 e. The lowest BCUT2D eigenvalue weighted by atomic mass is 9.92. The van der Waals surface area contributed by atoms with Crippen molar-refractivity contribution in [3.05, 3.63) is 58.9 Å². The zero-order valence-electron chi connectivity index (χ0n) is 18.0. The van der Waals surface area contributed by atoms with Crippen LogP contribution >= 0.6 is 0 Å². The smallest absolute Gasteiger partial charge is 0.224 e. The fourth-order valence-corrected chi connectivity index (χ4v) is 3.40.